The van der Waals surface area contributed by atoms with Gasteiger partial charge in [0, 0.05) is 13.0 Å². The molecule has 21 heavy (non-hydrogen) atoms. The molecule has 0 bridgehead atoms. The van der Waals surface area contributed by atoms with E-state index in [1.165, 1.54) is 23.8 Å². The van der Waals surface area contributed by atoms with Gasteiger partial charge in [-0.15, -0.1) is 0 Å². The third-order valence-corrected chi connectivity index (χ3v) is 3.17. The summed E-state index contributed by atoms with van der Waals surface area (Å²) in [5.74, 6) is -0.629. The van der Waals surface area contributed by atoms with Crippen molar-refractivity contribution >= 4 is 28.6 Å². The van der Waals surface area contributed by atoms with Gasteiger partial charge in [-0.05, 0) is 24.6 Å². The number of fused-ring (bicyclic) bond motifs is 1. The molecule has 0 saturated carbocycles. The van der Waals surface area contributed by atoms with E-state index in [0.29, 0.717) is 11.0 Å². The Hall–Kier alpha value is -1.76. The number of nitrogens with zero attached hydrogens (tertiary/aromatic N) is 2. The number of alkyl halides is 3. The zero-order chi connectivity index (χ0) is 15.6. The van der Waals surface area contributed by atoms with Gasteiger partial charge in [-0.3, -0.25) is 0 Å². The molecular formula is C13H12ClF3N2O2. The molecule has 0 atom stereocenters. The fraction of sp³-hybridized carbons (Fsp3) is 0.385. The fourth-order valence-electron chi connectivity index (χ4n) is 2.07. The maximum absolute atomic E-state index is 12.2. The highest BCUT2D eigenvalue weighted by Gasteiger charge is 2.26. The first kappa shape index (κ1) is 15.6. The Morgan fingerprint density at radius 2 is 2.14 bits per heavy atom. The Kier molecular flexibility index (Phi) is 4.41. The largest absolute Gasteiger partial charge is 0.464 e. The topological polar surface area (TPSA) is 44.1 Å². The third kappa shape index (κ3) is 3.66. The number of methoxy groups -OCH3 is 1. The van der Waals surface area contributed by atoms with Crippen LogP contribution in [0.15, 0.2) is 18.2 Å². The number of esters is 1. The minimum Gasteiger partial charge on any atom is -0.464 e. The van der Waals surface area contributed by atoms with Crippen molar-refractivity contribution in [3.8, 4) is 0 Å². The van der Waals surface area contributed by atoms with E-state index in [-0.39, 0.29) is 23.8 Å². The number of rotatable bonds is 4. The van der Waals surface area contributed by atoms with Crippen molar-refractivity contribution in [1.82, 2.24) is 9.55 Å². The summed E-state index contributed by atoms with van der Waals surface area (Å²) in [4.78, 5) is 15.8. The lowest BCUT2D eigenvalue weighted by atomic mass is 10.3. The van der Waals surface area contributed by atoms with Crippen molar-refractivity contribution in [3.05, 3.63) is 29.0 Å². The van der Waals surface area contributed by atoms with E-state index in [9.17, 15) is 18.0 Å². The van der Waals surface area contributed by atoms with Crippen LogP contribution in [0.3, 0.4) is 0 Å². The third-order valence-electron chi connectivity index (χ3n) is 2.96. The van der Waals surface area contributed by atoms with Crippen LogP contribution in [0.2, 0.25) is 5.15 Å². The Morgan fingerprint density at radius 3 is 2.76 bits per heavy atom. The van der Waals surface area contributed by atoms with Gasteiger partial charge in [0.25, 0.3) is 0 Å². The van der Waals surface area contributed by atoms with Crippen LogP contribution >= 0.6 is 11.6 Å². The number of carbonyl (C=O) groups excluding carboxylic acids is 1. The van der Waals surface area contributed by atoms with Gasteiger partial charge in [0.05, 0.1) is 18.1 Å². The first-order valence-corrected chi connectivity index (χ1v) is 6.50. The first-order valence-electron chi connectivity index (χ1n) is 6.12. The van der Waals surface area contributed by atoms with E-state index in [0.717, 1.165) is 0 Å². The van der Waals surface area contributed by atoms with Crippen molar-refractivity contribution in [2.24, 2.45) is 0 Å². The Bertz CT molecular complexity index is 667. The second-order valence-corrected chi connectivity index (χ2v) is 4.82. The van der Waals surface area contributed by atoms with Gasteiger partial charge in [-0.25, -0.2) is 9.78 Å². The summed E-state index contributed by atoms with van der Waals surface area (Å²) in [6, 6.07) is 4.59. The van der Waals surface area contributed by atoms with Gasteiger partial charge in [0.2, 0.25) is 0 Å². The van der Waals surface area contributed by atoms with Crippen LogP contribution in [-0.2, 0) is 11.3 Å². The van der Waals surface area contributed by atoms with Crippen LogP contribution < -0.4 is 0 Å². The molecule has 0 unspecified atom stereocenters. The number of ether oxygens (including phenoxy) is 1. The molecule has 0 N–H and O–H groups in total. The normalized spacial score (nSPS) is 11.9. The van der Waals surface area contributed by atoms with Crippen molar-refractivity contribution in [2.45, 2.75) is 25.6 Å². The number of pyridine rings is 1. The molecule has 4 nitrogen and oxygen atoms in total. The molecule has 0 amide bonds. The molecule has 0 spiro atoms. The van der Waals surface area contributed by atoms with Crippen molar-refractivity contribution in [3.63, 3.8) is 0 Å². The molecule has 114 valence electrons. The van der Waals surface area contributed by atoms with Gasteiger partial charge in [-0.2, -0.15) is 13.2 Å². The molecule has 2 aromatic heterocycles. The molecule has 0 aliphatic carbocycles. The molecular weight excluding hydrogens is 309 g/mol. The van der Waals surface area contributed by atoms with Crippen LogP contribution in [0, 0.1) is 0 Å². The average Bonchev–Trinajstić information content (AvgIpc) is 2.74. The minimum absolute atomic E-state index is 0.0384. The maximum atomic E-state index is 12.2. The van der Waals surface area contributed by atoms with Crippen LogP contribution in [0.4, 0.5) is 13.2 Å². The second-order valence-electron chi connectivity index (χ2n) is 4.43. The van der Waals surface area contributed by atoms with Crippen molar-refractivity contribution < 1.29 is 22.7 Å². The van der Waals surface area contributed by atoms with Gasteiger partial charge in [0.1, 0.15) is 10.8 Å². The van der Waals surface area contributed by atoms with Gasteiger partial charge in [0.15, 0.2) is 0 Å². The van der Waals surface area contributed by atoms with Crippen LogP contribution in [-0.4, -0.2) is 28.8 Å². The Labute approximate surface area is 123 Å². The van der Waals surface area contributed by atoms with E-state index in [4.69, 9.17) is 11.6 Å². The molecule has 0 saturated heterocycles. The summed E-state index contributed by atoms with van der Waals surface area (Å²) in [7, 11) is 1.21. The summed E-state index contributed by atoms with van der Waals surface area (Å²) in [6.45, 7) is 0.0384. The smallest absolute Gasteiger partial charge is 0.389 e. The summed E-state index contributed by atoms with van der Waals surface area (Å²) in [5.41, 5.74) is 1.14. The molecule has 2 aromatic rings. The first-order chi connectivity index (χ1) is 9.81. The van der Waals surface area contributed by atoms with E-state index in [1.807, 2.05) is 0 Å². The van der Waals surface area contributed by atoms with E-state index in [2.05, 4.69) is 9.72 Å². The summed E-state index contributed by atoms with van der Waals surface area (Å²) in [5, 5.41) is 0.242. The highest BCUT2D eigenvalue weighted by Crippen LogP contribution is 2.25. The van der Waals surface area contributed by atoms with E-state index >= 15 is 0 Å². The van der Waals surface area contributed by atoms with Crippen LogP contribution in [0.25, 0.3) is 11.0 Å². The molecule has 0 radical (unpaired) electrons. The number of halogens is 4. The Balaban J connectivity index is 2.36. The van der Waals surface area contributed by atoms with E-state index < -0.39 is 18.6 Å². The lowest BCUT2D eigenvalue weighted by Gasteiger charge is -2.10. The highest BCUT2D eigenvalue weighted by molar-refractivity contribution is 6.29. The van der Waals surface area contributed by atoms with E-state index in [1.54, 1.807) is 6.07 Å². The molecule has 8 heteroatoms. The van der Waals surface area contributed by atoms with Crippen LogP contribution in [0.5, 0.6) is 0 Å². The summed E-state index contributed by atoms with van der Waals surface area (Å²) < 4.78 is 42.8. The average molecular weight is 321 g/mol. The van der Waals surface area contributed by atoms with Crippen molar-refractivity contribution in [1.29, 1.82) is 0 Å². The van der Waals surface area contributed by atoms with Crippen molar-refractivity contribution in [2.75, 3.05) is 7.11 Å². The Morgan fingerprint density at radius 1 is 1.43 bits per heavy atom. The number of carbonyl (C=O) groups is 1. The minimum atomic E-state index is -4.23. The number of aryl methyl sites for hydroxylation is 1. The zero-order valence-corrected chi connectivity index (χ0v) is 11.8. The molecule has 2 rings (SSSR count). The van der Waals surface area contributed by atoms with Gasteiger partial charge >= 0.3 is 12.1 Å². The van der Waals surface area contributed by atoms with Gasteiger partial charge < -0.3 is 9.30 Å². The predicted octanol–water partition coefficient (Wildman–Crippen LogP) is 3.82. The zero-order valence-electron chi connectivity index (χ0n) is 11.1. The quantitative estimate of drug-likeness (QED) is 0.635. The predicted molar refractivity (Wildman–Crippen MR) is 71.4 cm³/mol. The van der Waals surface area contributed by atoms with Crippen LogP contribution in [0.1, 0.15) is 23.3 Å². The molecule has 0 aromatic carbocycles. The number of aromatic nitrogens is 2. The number of hydrogen-bond acceptors (Lipinski definition) is 3. The molecule has 0 aliphatic heterocycles. The monoisotopic (exact) mass is 320 g/mol. The molecule has 0 fully saturated rings. The van der Waals surface area contributed by atoms with Gasteiger partial charge in [-0.1, -0.05) is 11.6 Å². The summed E-state index contributed by atoms with van der Waals surface area (Å²) >= 11 is 5.77. The highest BCUT2D eigenvalue weighted by atomic mass is 35.5. The standard InChI is InChI=1S/C13H12ClF3N2O2/c1-21-12(20)10-7-8-9(3-4-11(14)18-8)19(10)6-2-5-13(15,16)17/h3-4,7H,2,5-6H2,1H3. The fourth-order valence-corrected chi connectivity index (χ4v) is 2.22. The second kappa shape index (κ2) is 5.93. The SMILES string of the molecule is COC(=O)c1cc2nc(Cl)ccc2n1CCCC(F)(F)F. The molecule has 0 aliphatic rings. The lowest BCUT2D eigenvalue weighted by Crippen LogP contribution is -2.13. The lowest BCUT2D eigenvalue weighted by molar-refractivity contribution is -0.135. The maximum Gasteiger partial charge on any atom is 0.389 e. The summed E-state index contributed by atoms with van der Waals surface area (Å²) in [6.07, 6.45) is -5.29. The molecule has 2 heterocycles. The number of hydrogen-bond donors (Lipinski definition) is 0.